The van der Waals surface area contributed by atoms with Crippen molar-refractivity contribution in [3.8, 4) is 41.2 Å². The summed E-state index contributed by atoms with van der Waals surface area (Å²) in [6.45, 7) is 8.67. The van der Waals surface area contributed by atoms with E-state index in [1.807, 2.05) is 49.4 Å². The van der Waals surface area contributed by atoms with Crippen molar-refractivity contribution in [2.24, 2.45) is 5.73 Å². The number of methoxy groups -OCH3 is 2. The molecule has 0 atom stereocenters. The number of carbonyl (C=O) groups is 16. The van der Waals surface area contributed by atoms with Gasteiger partial charge in [0.25, 0.3) is 23.6 Å². The number of Topliss-reactive ketones (excluding diaryl/α,β-unsaturated/α-hetero) is 4. The van der Waals surface area contributed by atoms with Gasteiger partial charge in [-0.15, -0.1) is 0 Å². The van der Waals surface area contributed by atoms with E-state index in [2.05, 4.69) is 35.1 Å². The van der Waals surface area contributed by atoms with Crippen LogP contribution in [0.1, 0.15) is 263 Å². The minimum Gasteiger partial charge on any atom is -0.496 e. The first-order valence-corrected chi connectivity index (χ1v) is 44.9. The van der Waals surface area contributed by atoms with Crippen molar-refractivity contribution in [1.29, 1.82) is 15.8 Å². The fraction of sp³-hybridized carbons (Fsp3) is 0.180. The molecule has 0 spiro atoms. The number of nitrogens with one attached hydrogen (secondary N) is 4. The van der Waals surface area contributed by atoms with Gasteiger partial charge in [0, 0.05) is 46.6 Å². The first kappa shape index (κ1) is 114. The molecule has 5 amide bonds. The lowest BCUT2D eigenvalue weighted by Crippen LogP contribution is -2.18. The number of nitrogens with zero attached hydrogens (tertiary/aromatic N) is 3. The molecule has 146 heavy (non-hydrogen) atoms. The van der Waals surface area contributed by atoms with E-state index in [1.165, 1.54) is 160 Å². The predicted octanol–water partition coefficient (Wildman–Crippen LogP) is 18.6. The molecule has 0 fully saturated rings. The molecule has 0 aliphatic rings. The second kappa shape index (κ2) is 57.2. The highest BCUT2D eigenvalue weighted by Gasteiger charge is 2.26. The third-order valence-corrected chi connectivity index (χ3v) is 21.2. The Labute approximate surface area is 838 Å². The van der Waals surface area contributed by atoms with E-state index < -0.39 is 71.3 Å². The Hall–Kier alpha value is -19.4. The zero-order valence-corrected chi connectivity index (χ0v) is 80.2. The summed E-state index contributed by atoms with van der Waals surface area (Å²) in [5, 5.41) is 102. The maximum atomic E-state index is 12.6. The van der Waals surface area contributed by atoms with Crippen LogP contribution in [-0.2, 0) is 41.7 Å². The van der Waals surface area contributed by atoms with Gasteiger partial charge in [-0.1, -0.05) is 155 Å². The van der Waals surface area contributed by atoms with Gasteiger partial charge in [0.2, 0.25) is 5.91 Å². The van der Waals surface area contributed by atoms with Crippen LogP contribution in [0.4, 0.5) is 22.7 Å². The summed E-state index contributed by atoms with van der Waals surface area (Å²) in [6.07, 6.45) is 8.78. The van der Waals surface area contributed by atoms with E-state index >= 15 is 0 Å². The highest BCUT2D eigenvalue weighted by molar-refractivity contribution is 6.15. The Morgan fingerprint density at radius 2 is 0.582 bits per heavy atom. The van der Waals surface area contributed by atoms with Crippen molar-refractivity contribution < 1.29 is 131 Å². The van der Waals surface area contributed by atoms with E-state index in [1.54, 1.807) is 98.1 Å². The van der Waals surface area contributed by atoms with Crippen molar-refractivity contribution in [2.45, 2.75) is 105 Å². The molecule has 0 saturated heterocycles. The van der Waals surface area contributed by atoms with Gasteiger partial charge in [0.05, 0.1) is 97.8 Å². The normalized spacial score (nSPS) is 10.1. The van der Waals surface area contributed by atoms with Crippen LogP contribution in [0, 0.1) is 34.0 Å². The third kappa shape index (κ3) is 34.0. The summed E-state index contributed by atoms with van der Waals surface area (Å²) < 4.78 is 20.9. The Morgan fingerprint density at radius 3 is 0.911 bits per heavy atom. The van der Waals surface area contributed by atoms with Gasteiger partial charge >= 0.3 is 41.8 Å². The monoisotopic (exact) mass is 1980 g/mol. The minimum atomic E-state index is -1.22. The maximum Gasteiger partial charge on any atom is 0.337 e. The number of carbonyl (C=O) groups excluding carboxylic acids is 9. The SMILES string of the molecule is CC(=O)COc1ccc(NC(=O)c2ccccc2C(=O)O)cc1C#N.CC(=O)COc1ccc(NC(=O)c2ccccc2C(=O)O)cc1C#N.CCCCc1ccc(CC(=O)c2ccccc2C(=O)O)c(C(N)=O)c1.CCCCc1ccc(CC(=O)c2ccccc2C(=O)O)cc1OC.CCCCc1ccc(NC(=O)c2ccccc2C(=O)O)c(C(=O)O)c1.COc1ccc(NC(=O)c2ccccc2C(=O)O)cc1C#N. The molecule has 13 N–H and O–H groups in total. The molecule has 12 rings (SSSR count). The number of ether oxygens (including phenoxy) is 4. The molecule has 0 aliphatic heterocycles. The van der Waals surface area contributed by atoms with E-state index in [-0.39, 0.29) is 155 Å². The molecule has 0 aromatic heterocycles. The zero-order valence-electron chi connectivity index (χ0n) is 80.2. The second-order valence-corrected chi connectivity index (χ2v) is 31.8. The van der Waals surface area contributed by atoms with Crippen LogP contribution in [0.25, 0.3) is 0 Å². The Kier molecular flexibility index (Phi) is 44.5. The lowest BCUT2D eigenvalue weighted by atomic mass is 9.93. The summed E-state index contributed by atoms with van der Waals surface area (Å²) in [5.74, 6) is -10.6. The number of nitriles is 3. The van der Waals surface area contributed by atoms with Gasteiger partial charge in [-0.05, 0) is 220 Å². The topological polar surface area (TPSA) is 597 Å². The first-order valence-electron chi connectivity index (χ1n) is 44.9. The van der Waals surface area contributed by atoms with Gasteiger partial charge < -0.3 is 81.7 Å². The number of anilines is 4. The molecular formula is C111H102N8O27. The van der Waals surface area contributed by atoms with Crippen LogP contribution in [0.2, 0.25) is 0 Å². The molecule has 12 aromatic carbocycles. The van der Waals surface area contributed by atoms with E-state index in [0.29, 0.717) is 33.9 Å². The Balaban J connectivity index is 0.000000237. The van der Waals surface area contributed by atoms with E-state index in [9.17, 15) is 103 Å². The van der Waals surface area contributed by atoms with Gasteiger partial charge in [-0.2, -0.15) is 15.8 Å². The van der Waals surface area contributed by atoms with Crippen LogP contribution in [0.5, 0.6) is 23.0 Å². The number of primary amides is 1. The number of nitrogens with two attached hydrogens (primary N) is 1. The number of ketones is 4. The number of unbranched alkanes of at least 4 members (excludes halogenated alkanes) is 3. The van der Waals surface area contributed by atoms with Crippen molar-refractivity contribution >= 4 is 117 Å². The number of carboxylic acids is 7. The van der Waals surface area contributed by atoms with Gasteiger partial charge in [-0.3, -0.25) is 43.2 Å². The number of aryl methyl sites for hydroxylation is 3. The van der Waals surface area contributed by atoms with Crippen molar-refractivity contribution in [3.63, 3.8) is 0 Å². The third-order valence-electron chi connectivity index (χ3n) is 21.2. The highest BCUT2D eigenvalue weighted by Crippen LogP contribution is 2.31. The van der Waals surface area contributed by atoms with Crippen LogP contribution in [0.3, 0.4) is 0 Å². The average Bonchev–Trinajstić information content (AvgIpc) is 0.842. The molecule has 0 unspecified atom stereocenters. The standard InChI is InChI=1S/C20H21NO4.C20H22O4.C19H19NO5.2C18H14N2O5.C16H12N2O4/c1-2-3-6-13-9-10-14(17(11-13)19(21)23)12-18(22)15-7-4-5-8-16(15)20(24)25;1-3-4-7-15-11-10-14(13-19(15)24-2)12-18(21)16-8-5-6-9-17(16)20(22)23;1-2-3-6-12-9-10-16(15(11-12)19(24)25)20-17(21)13-7-4-5-8-14(13)18(22)23;2*1-11(21)10-25-16-7-6-13(8-12(16)9-19)20-17(22)14-4-2-3-5-15(14)18(23)24;1-22-14-7-6-11(8-10(14)9-17)18-15(19)12-4-2-3-5-13(12)16(20)21/h4-5,7-11H,2-3,6,12H2,1H3,(H2,21,23)(H,24,25);5-6,8-11,13H,3-4,7,12H2,1-2H3,(H,22,23);4-5,7-11H,2-3,6H2,1H3,(H,20,21)(H,22,23)(H,24,25);2*2-8H,10H2,1H3,(H,20,22)(H,23,24);2-8H,1H3,(H,18,19)(H,20,21). The summed E-state index contributed by atoms with van der Waals surface area (Å²) in [4.78, 5) is 187. The quantitative estimate of drug-likeness (QED) is 0.0159. The maximum absolute atomic E-state index is 12.6. The molecular weight excluding hydrogens is 1880 g/mol. The van der Waals surface area contributed by atoms with E-state index in [0.717, 1.165) is 85.8 Å². The highest BCUT2D eigenvalue weighted by atomic mass is 16.5. The number of benzene rings is 12. The van der Waals surface area contributed by atoms with Crippen molar-refractivity contribution in [2.75, 3.05) is 48.7 Å². The molecule has 0 bridgehead atoms. The fourth-order valence-electron chi connectivity index (χ4n) is 13.9. The minimum absolute atomic E-state index is 0.00501. The van der Waals surface area contributed by atoms with Gasteiger partial charge in [-0.25, -0.2) is 33.6 Å². The zero-order chi connectivity index (χ0) is 107. The van der Waals surface area contributed by atoms with E-state index in [4.69, 9.17) is 50.4 Å². The summed E-state index contributed by atoms with van der Waals surface area (Å²) in [5.41, 5.74) is 11.7. The molecule has 0 saturated carbocycles. The van der Waals surface area contributed by atoms with Crippen LogP contribution in [-0.4, -0.2) is 158 Å². The number of hydrogen-bond acceptors (Lipinski definition) is 23. The van der Waals surface area contributed by atoms with Crippen LogP contribution >= 0.6 is 0 Å². The number of amides is 5. The summed E-state index contributed by atoms with van der Waals surface area (Å²) in [7, 11) is 3.06. The summed E-state index contributed by atoms with van der Waals surface area (Å²) in [6, 6.07) is 70.6. The number of aromatic carboxylic acids is 7. The first-order chi connectivity index (χ1) is 69.8. The number of rotatable bonds is 39. The second-order valence-electron chi connectivity index (χ2n) is 31.8. The van der Waals surface area contributed by atoms with Gasteiger partial charge in [0.1, 0.15) is 54.4 Å². The lowest BCUT2D eigenvalue weighted by Gasteiger charge is -2.11. The fourth-order valence-corrected chi connectivity index (χ4v) is 13.9. The number of carboxylic acid groups (broad SMARTS) is 7. The molecule has 12 aromatic rings. The van der Waals surface area contributed by atoms with Gasteiger partial charge in [0.15, 0.2) is 23.1 Å². The molecule has 35 nitrogen and oxygen atoms in total. The number of hydrogen-bond donors (Lipinski definition) is 12. The van der Waals surface area contributed by atoms with Crippen molar-refractivity contribution in [1.82, 2.24) is 0 Å². The lowest BCUT2D eigenvalue weighted by molar-refractivity contribution is -0.119. The van der Waals surface area contributed by atoms with Crippen LogP contribution in [0.15, 0.2) is 255 Å². The predicted molar refractivity (Wildman–Crippen MR) is 538 cm³/mol. The molecule has 748 valence electrons. The molecule has 35 heteroatoms. The Bertz CT molecular complexity index is 6760. The smallest absolute Gasteiger partial charge is 0.337 e. The Morgan fingerprint density at radius 1 is 0.295 bits per heavy atom. The average molecular weight is 1980 g/mol. The summed E-state index contributed by atoms with van der Waals surface area (Å²) >= 11 is 0. The van der Waals surface area contributed by atoms with Crippen LogP contribution < -0.4 is 45.9 Å². The molecule has 0 aliphatic carbocycles. The molecule has 0 heterocycles. The molecule has 0 radical (unpaired) electrons. The van der Waals surface area contributed by atoms with Crippen molar-refractivity contribution in [3.05, 3.63) is 377 Å². The largest absolute Gasteiger partial charge is 0.496 e.